The van der Waals surface area contributed by atoms with Crippen molar-refractivity contribution in [3.8, 4) is 0 Å². The zero-order valence-corrected chi connectivity index (χ0v) is 12.4. The molecule has 0 aliphatic carbocycles. The molecule has 0 aromatic heterocycles. The van der Waals surface area contributed by atoms with Gasteiger partial charge in [-0.3, -0.25) is 9.59 Å². The minimum absolute atomic E-state index is 0.189. The Bertz CT molecular complexity index is 549. The zero-order valence-electron chi connectivity index (χ0n) is 10.1. The Morgan fingerprint density at radius 2 is 1.95 bits per heavy atom. The fraction of sp³-hybridized carbons (Fsp3) is 0.250. The van der Waals surface area contributed by atoms with Crippen LogP contribution >= 0.6 is 27.5 Å². The molecule has 0 radical (unpaired) electrons. The van der Waals surface area contributed by atoms with E-state index in [0.29, 0.717) is 9.50 Å². The van der Waals surface area contributed by atoms with Gasteiger partial charge in [0.25, 0.3) is 5.91 Å². The maximum Gasteiger partial charge on any atom is 0.326 e. The third-order valence-corrected chi connectivity index (χ3v) is 3.65. The highest BCUT2D eigenvalue weighted by Crippen LogP contribution is 2.23. The summed E-state index contributed by atoms with van der Waals surface area (Å²) in [4.78, 5) is 33.3. The summed E-state index contributed by atoms with van der Waals surface area (Å²) in [6.45, 7) is 0. The number of rotatable bonds is 6. The fourth-order valence-electron chi connectivity index (χ4n) is 1.40. The van der Waals surface area contributed by atoms with Gasteiger partial charge in [-0.25, -0.2) is 4.79 Å². The monoisotopic (exact) mass is 363 g/mol. The first-order valence-corrected chi connectivity index (χ1v) is 6.69. The molecule has 0 saturated heterocycles. The summed E-state index contributed by atoms with van der Waals surface area (Å²) in [6.07, 6.45) is -0.535. The molecule has 0 bridgehead atoms. The minimum Gasteiger partial charge on any atom is -0.481 e. The number of halogens is 2. The van der Waals surface area contributed by atoms with Crippen LogP contribution in [-0.4, -0.2) is 34.1 Å². The molecule has 108 valence electrons. The number of hydrogen-bond acceptors (Lipinski definition) is 3. The largest absolute Gasteiger partial charge is 0.481 e. The Hall–Kier alpha value is -1.60. The molecule has 0 saturated carbocycles. The highest BCUT2D eigenvalue weighted by atomic mass is 79.9. The van der Waals surface area contributed by atoms with Gasteiger partial charge in [-0.1, -0.05) is 11.6 Å². The van der Waals surface area contributed by atoms with Crippen molar-refractivity contribution < 1.29 is 24.6 Å². The average Bonchev–Trinajstić information content (AvgIpc) is 2.36. The third kappa shape index (κ3) is 4.82. The number of carboxylic acid groups (broad SMARTS) is 2. The molecule has 1 aromatic carbocycles. The second kappa shape index (κ2) is 7.25. The zero-order chi connectivity index (χ0) is 15.3. The van der Waals surface area contributed by atoms with Crippen LogP contribution in [0.5, 0.6) is 0 Å². The number of amides is 1. The molecule has 1 amide bonds. The van der Waals surface area contributed by atoms with E-state index in [1.165, 1.54) is 18.2 Å². The molecule has 1 rings (SSSR count). The van der Waals surface area contributed by atoms with Crippen LogP contribution in [0.4, 0.5) is 0 Å². The molecule has 1 unspecified atom stereocenters. The number of nitrogens with one attached hydrogen (secondary N) is 1. The van der Waals surface area contributed by atoms with Crippen LogP contribution in [0.1, 0.15) is 23.2 Å². The van der Waals surface area contributed by atoms with Crippen molar-refractivity contribution in [2.75, 3.05) is 0 Å². The lowest BCUT2D eigenvalue weighted by molar-refractivity contribution is -0.140. The van der Waals surface area contributed by atoms with E-state index in [9.17, 15) is 14.4 Å². The predicted octanol–water partition coefficient (Wildman–Crippen LogP) is 2.15. The lowest BCUT2D eigenvalue weighted by Gasteiger charge is -2.13. The second-order valence-electron chi connectivity index (χ2n) is 3.93. The first kappa shape index (κ1) is 16.5. The Kier molecular flexibility index (Phi) is 5.97. The van der Waals surface area contributed by atoms with Crippen molar-refractivity contribution in [3.05, 3.63) is 33.3 Å². The van der Waals surface area contributed by atoms with E-state index < -0.39 is 23.9 Å². The molecule has 0 aliphatic heterocycles. The molecule has 0 heterocycles. The van der Waals surface area contributed by atoms with Crippen LogP contribution in [0.15, 0.2) is 22.7 Å². The highest BCUT2D eigenvalue weighted by molar-refractivity contribution is 9.10. The fourth-order valence-corrected chi connectivity index (χ4v) is 1.90. The first-order valence-electron chi connectivity index (χ1n) is 5.51. The van der Waals surface area contributed by atoms with Gasteiger partial charge in [-0.2, -0.15) is 0 Å². The average molecular weight is 365 g/mol. The van der Waals surface area contributed by atoms with Gasteiger partial charge in [0.2, 0.25) is 0 Å². The standard InChI is InChI=1S/C12H11BrClNO5/c13-7-5-6(1-2-8(7)14)11(18)15-9(12(19)20)3-4-10(16)17/h1-2,5,9H,3-4H2,(H,15,18)(H,16,17)(H,19,20). The van der Waals surface area contributed by atoms with Crippen LogP contribution in [0.3, 0.4) is 0 Å². The smallest absolute Gasteiger partial charge is 0.326 e. The van der Waals surface area contributed by atoms with Crippen LogP contribution in [-0.2, 0) is 9.59 Å². The molecular weight excluding hydrogens is 353 g/mol. The van der Waals surface area contributed by atoms with Gasteiger partial charge < -0.3 is 15.5 Å². The lowest BCUT2D eigenvalue weighted by atomic mass is 10.1. The first-order chi connectivity index (χ1) is 9.31. The van der Waals surface area contributed by atoms with Gasteiger partial charge in [0, 0.05) is 16.5 Å². The van der Waals surface area contributed by atoms with Gasteiger partial charge >= 0.3 is 11.9 Å². The van der Waals surface area contributed by atoms with E-state index in [2.05, 4.69) is 21.2 Å². The molecule has 1 aromatic rings. The lowest BCUT2D eigenvalue weighted by Crippen LogP contribution is -2.41. The van der Waals surface area contributed by atoms with Crippen molar-refractivity contribution in [1.29, 1.82) is 0 Å². The summed E-state index contributed by atoms with van der Waals surface area (Å²) >= 11 is 8.94. The van der Waals surface area contributed by atoms with Crippen LogP contribution in [0.25, 0.3) is 0 Å². The normalized spacial score (nSPS) is 11.7. The van der Waals surface area contributed by atoms with Gasteiger partial charge in [-0.15, -0.1) is 0 Å². The highest BCUT2D eigenvalue weighted by Gasteiger charge is 2.21. The predicted molar refractivity (Wildman–Crippen MR) is 74.9 cm³/mol. The molecule has 20 heavy (non-hydrogen) atoms. The topological polar surface area (TPSA) is 104 Å². The number of benzene rings is 1. The second-order valence-corrected chi connectivity index (χ2v) is 5.19. The minimum atomic E-state index is -1.28. The molecule has 0 fully saturated rings. The van der Waals surface area contributed by atoms with E-state index in [-0.39, 0.29) is 18.4 Å². The summed E-state index contributed by atoms with van der Waals surface area (Å²) in [5.41, 5.74) is 0.225. The maximum atomic E-state index is 11.9. The van der Waals surface area contributed by atoms with E-state index in [0.717, 1.165) is 0 Å². The molecule has 1 atom stereocenters. The molecule has 0 spiro atoms. The number of aliphatic carboxylic acids is 2. The Morgan fingerprint density at radius 1 is 1.30 bits per heavy atom. The summed E-state index contributed by atoms with van der Waals surface area (Å²) in [5.74, 6) is -3.02. The summed E-state index contributed by atoms with van der Waals surface area (Å²) < 4.78 is 0.504. The van der Waals surface area contributed by atoms with Gasteiger partial charge in [-0.05, 0) is 40.5 Å². The van der Waals surface area contributed by atoms with Crippen molar-refractivity contribution in [1.82, 2.24) is 5.32 Å². The summed E-state index contributed by atoms with van der Waals surface area (Å²) in [6, 6.07) is 3.13. The Balaban J connectivity index is 2.77. The van der Waals surface area contributed by atoms with E-state index >= 15 is 0 Å². The molecule has 6 nitrogen and oxygen atoms in total. The Morgan fingerprint density at radius 3 is 2.45 bits per heavy atom. The van der Waals surface area contributed by atoms with Crippen molar-refractivity contribution in [2.45, 2.75) is 18.9 Å². The van der Waals surface area contributed by atoms with E-state index in [4.69, 9.17) is 21.8 Å². The molecule has 8 heteroatoms. The quantitative estimate of drug-likeness (QED) is 0.717. The van der Waals surface area contributed by atoms with E-state index in [1.807, 2.05) is 0 Å². The van der Waals surface area contributed by atoms with E-state index in [1.54, 1.807) is 0 Å². The third-order valence-electron chi connectivity index (χ3n) is 2.43. The molecule has 0 aliphatic rings. The number of carbonyl (C=O) groups excluding carboxylic acids is 1. The van der Waals surface area contributed by atoms with Crippen molar-refractivity contribution in [3.63, 3.8) is 0 Å². The summed E-state index contributed by atoms with van der Waals surface area (Å²) in [5, 5.41) is 20.2. The van der Waals surface area contributed by atoms with Gasteiger partial charge in [0.1, 0.15) is 6.04 Å². The maximum absolute atomic E-state index is 11.9. The van der Waals surface area contributed by atoms with Crippen molar-refractivity contribution in [2.24, 2.45) is 0 Å². The number of carboxylic acids is 2. The van der Waals surface area contributed by atoms with Gasteiger partial charge in [0.05, 0.1) is 5.02 Å². The summed E-state index contributed by atoms with van der Waals surface area (Å²) in [7, 11) is 0. The molecular formula is C12H11BrClNO5. The van der Waals surface area contributed by atoms with Crippen LogP contribution in [0.2, 0.25) is 5.02 Å². The van der Waals surface area contributed by atoms with Crippen LogP contribution in [0, 0.1) is 0 Å². The van der Waals surface area contributed by atoms with Gasteiger partial charge in [0.15, 0.2) is 0 Å². The SMILES string of the molecule is O=C(O)CCC(NC(=O)c1ccc(Cl)c(Br)c1)C(=O)O. The van der Waals surface area contributed by atoms with Crippen molar-refractivity contribution >= 4 is 45.4 Å². The number of carbonyl (C=O) groups is 3. The number of hydrogen-bond donors (Lipinski definition) is 3. The Labute approximate surface area is 127 Å². The molecule has 3 N–H and O–H groups in total. The van der Waals surface area contributed by atoms with Crippen LogP contribution < -0.4 is 5.32 Å².